The van der Waals surface area contributed by atoms with Gasteiger partial charge in [-0.3, -0.25) is 4.79 Å². The van der Waals surface area contributed by atoms with E-state index in [-0.39, 0.29) is 12.5 Å². The zero-order valence-corrected chi connectivity index (χ0v) is 18.2. The summed E-state index contributed by atoms with van der Waals surface area (Å²) in [5, 5.41) is 29.5. The molecule has 2 aromatic rings. The highest BCUT2D eigenvalue weighted by atomic mass is 16.5. The molecule has 1 fully saturated rings. The highest BCUT2D eigenvalue weighted by Gasteiger charge is 2.49. The van der Waals surface area contributed by atoms with E-state index >= 15 is 0 Å². The summed E-state index contributed by atoms with van der Waals surface area (Å²) in [6, 6.07) is 15.4. The van der Waals surface area contributed by atoms with E-state index in [2.05, 4.69) is 0 Å². The maximum atomic E-state index is 12.5. The Labute approximate surface area is 182 Å². The summed E-state index contributed by atoms with van der Waals surface area (Å²) in [7, 11) is 1.58. The molecule has 2 aromatic carbocycles. The Morgan fingerprint density at radius 3 is 2.52 bits per heavy atom. The van der Waals surface area contributed by atoms with Crippen LogP contribution in [0.5, 0.6) is 11.5 Å². The number of ether oxygens (including phenoxy) is 2. The second-order valence-electron chi connectivity index (χ2n) is 8.34. The Balaban J connectivity index is 1.89. The number of hydrogen-bond acceptors (Lipinski definition) is 6. The standard InChI is InChI=1S/C24H31NO6/c1-16(27)24(2)15-25(23(29)20(28)13-26)12-19(24)18-9-10-21(30-3)22(11-18)31-14-17-7-5-4-6-8-17/h4-11,16,19-20,26-28H,12-15H2,1-3H3/t16-,19+,20+,24+/m1/s1. The van der Waals surface area contributed by atoms with Gasteiger partial charge in [0.2, 0.25) is 0 Å². The van der Waals surface area contributed by atoms with Gasteiger partial charge in [0.25, 0.3) is 5.91 Å². The Morgan fingerprint density at radius 2 is 1.90 bits per heavy atom. The molecule has 0 aliphatic carbocycles. The fraction of sp³-hybridized carbons (Fsp3) is 0.458. The van der Waals surface area contributed by atoms with E-state index in [4.69, 9.17) is 14.6 Å². The molecule has 168 valence electrons. The van der Waals surface area contributed by atoms with Gasteiger partial charge in [-0.25, -0.2) is 0 Å². The molecular formula is C24H31NO6. The van der Waals surface area contributed by atoms with Crippen LogP contribution in [0.15, 0.2) is 48.5 Å². The zero-order chi connectivity index (χ0) is 22.6. The van der Waals surface area contributed by atoms with E-state index in [9.17, 15) is 15.0 Å². The Morgan fingerprint density at radius 1 is 1.19 bits per heavy atom. The number of carbonyl (C=O) groups excluding carboxylic acids is 1. The first kappa shape index (κ1) is 23.1. The first-order chi connectivity index (χ1) is 14.8. The second-order valence-corrected chi connectivity index (χ2v) is 8.34. The first-order valence-electron chi connectivity index (χ1n) is 10.4. The average Bonchev–Trinajstić information content (AvgIpc) is 3.16. The maximum absolute atomic E-state index is 12.5. The van der Waals surface area contributed by atoms with Crippen molar-refractivity contribution in [1.82, 2.24) is 4.90 Å². The van der Waals surface area contributed by atoms with Crippen LogP contribution in [0.1, 0.15) is 30.9 Å². The van der Waals surface area contributed by atoms with Crippen molar-refractivity contribution in [3.63, 3.8) is 0 Å². The van der Waals surface area contributed by atoms with E-state index in [0.29, 0.717) is 24.7 Å². The van der Waals surface area contributed by atoms with Gasteiger partial charge >= 0.3 is 0 Å². The fourth-order valence-corrected chi connectivity index (χ4v) is 4.14. The topological polar surface area (TPSA) is 99.5 Å². The predicted octanol–water partition coefficient (Wildman–Crippen LogP) is 1.94. The molecular weight excluding hydrogens is 398 g/mol. The number of methoxy groups -OCH3 is 1. The maximum Gasteiger partial charge on any atom is 0.253 e. The number of aliphatic hydroxyl groups excluding tert-OH is 3. The highest BCUT2D eigenvalue weighted by Crippen LogP contribution is 2.47. The Bertz CT molecular complexity index is 887. The van der Waals surface area contributed by atoms with Crippen LogP contribution < -0.4 is 9.47 Å². The van der Waals surface area contributed by atoms with Crippen molar-refractivity contribution < 1.29 is 29.6 Å². The van der Waals surface area contributed by atoms with Crippen LogP contribution in [-0.2, 0) is 11.4 Å². The number of nitrogens with zero attached hydrogens (tertiary/aromatic N) is 1. The van der Waals surface area contributed by atoms with E-state index in [1.54, 1.807) is 14.0 Å². The van der Waals surface area contributed by atoms with E-state index in [0.717, 1.165) is 11.1 Å². The van der Waals surface area contributed by atoms with Crippen molar-refractivity contribution in [2.45, 2.75) is 38.6 Å². The van der Waals surface area contributed by atoms with Gasteiger partial charge in [0.05, 0.1) is 19.8 Å². The van der Waals surface area contributed by atoms with Gasteiger partial charge in [-0.15, -0.1) is 0 Å². The highest BCUT2D eigenvalue weighted by molar-refractivity contribution is 5.81. The monoisotopic (exact) mass is 429 g/mol. The Hall–Kier alpha value is -2.61. The minimum absolute atomic E-state index is 0.188. The van der Waals surface area contributed by atoms with Crippen molar-refractivity contribution in [2.75, 3.05) is 26.8 Å². The third-order valence-electron chi connectivity index (χ3n) is 6.28. The van der Waals surface area contributed by atoms with Gasteiger partial charge in [-0.05, 0) is 30.2 Å². The molecule has 4 atom stereocenters. The van der Waals surface area contributed by atoms with Crippen LogP contribution in [0.4, 0.5) is 0 Å². The minimum Gasteiger partial charge on any atom is -0.493 e. The summed E-state index contributed by atoms with van der Waals surface area (Å²) < 4.78 is 11.5. The lowest BCUT2D eigenvalue weighted by molar-refractivity contribution is -0.141. The number of carbonyl (C=O) groups is 1. The summed E-state index contributed by atoms with van der Waals surface area (Å²) >= 11 is 0. The summed E-state index contributed by atoms with van der Waals surface area (Å²) in [6.07, 6.45) is -2.16. The predicted molar refractivity (Wildman–Crippen MR) is 116 cm³/mol. The molecule has 31 heavy (non-hydrogen) atoms. The van der Waals surface area contributed by atoms with Crippen molar-refractivity contribution >= 4 is 5.91 Å². The third-order valence-corrected chi connectivity index (χ3v) is 6.28. The van der Waals surface area contributed by atoms with Crippen molar-refractivity contribution in [3.05, 3.63) is 59.7 Å². The fourth-order valence-electron chi connectivity index (χ4n) is 4.14. The molecule has 3 rings (SSSR count). The number of hydrogen-bond donors (Lipinski definition) is 3. The molecule has 0 unspecified atom stereocenters. The van der Waals surface area contributed by atoms with Gasteiger partial charge in [-0.1, -0.05) is 43.3 Å². The molecule has 7 nitrogen and oxygen atoms in total. The number of likely N-dealkylation sites (tertiary alicyclic amines) is 1. The van der Waals surface area contributed by atoms with Crippen LogP contribution in [0, 0.1) is 5.41 Å². The summed E-state index contributed by atoms with van der Waals surface area (Å²) in [5.74, 6) is 0.454. The van der Waals surface area contributed by atoms with E-state index in [1.807, 2.05) is 55.5 Å². The minimum atomic E-state index is -1.46. The van der Waals surface area contributed by atoms with Crippen molar-refractivity contribution in [1.29, 1.82) is 0 Å². The van der Waals surface area contributed by atoms with Gasteiger partial charge in [-0.2, -0.15) is 0 Å². The summed E-state index contributed by atoms with van der Waals surface area (Å²) in [5.41, 5.74) is 1.30. The summed E-state index contributed by atoms with van der Waals surface area (Å²) in [4.78, 5) is 14.0. The van der Waals surface area contributed by atoms with Crippen molar-refractivity contribution in [2.24, 2.45) is 5.41 Å². The van der Waals surface area contributed by atoms with Crippen molar-refractivity contribution in [3.8, 4) is 11.5 Å². The molecule has 0 bridgehead atoms. The number of rotatable bonds is 8. The normalized spacial score (nSPS) is 22.8. The van der Waals surface area contributed by atoms with E-state index in [1.165, 1.54) is 4.90 Å². The number of aliphatic hydroxyl groups is 3. The van der Waals surface area contributed by atoms with Gasteiger partial charge in [0.15, 0.2) is 17.6 Å². The number of benzene rings is 2. The van der Waals surface area contributed by atoms with Crippen LogP contribution >= 0.6 is 0 Å². The molecule has 1 aliphatic heterocycles. The van der Waals surface area contributed by atoms with Gasteiger partial charge in [0, 0.05) is 24.4 Å². The number of amides is 1. The average molecular weight is 430 g/mol. The largest absolute Gasteiger partial charge is 0.493 e. The molecule has 1 aliphatic rings. The lowest BCUT2D eigenvalue weighted by atomic mass is 9.72. The van der Waals surface area contributed by atoms with Crippen LogP contribution in [0.3, 0.4) is 0 Å². The third kappa shape index (κ3) is 4.84. The summed E-state index contributed by atoms with van der Waals surface area (Å²) in [6.45, 7) is 3.98. The molecule has 0 saturated carbocycles. The molecule has 0 spiro atoms. The molecule has 1 amide bonds. The Kier molecular flexibility index (Phi) is 7.20. The van der Waals surface area contributed by atoms with Gasteiger partial charge in [0.1, 0.15) is 6.61 Å². The second kappa shape index (κ2) is 9.68. The van der Waals surface area contributed by atoms with Gasteiger partial charge < -0.3 is 29.7 Å². The lowest BCUT2D eigenvalue weighted by Gasteiger charge is -2.34. The smallest absolute Gasteiger partial charge is 0.253 e. The zero-order valence-electron chi connectivity index (χ0n) is 18.2. The molecule has 1 saturated heterocycles. The molecule has 3 N–H and O–H groups in total. The molecule has 0 radical (unpaired) electrons. The molecule has 7 heteroatoms. The molecule has 0 aromatic heterocycles. The SMILES string of the molecule is COc1ccc([C@@H]2CN(C(=O)[C@@H](O)CO)C[C@@]2(C)[C@@H](C)O)cc1OCc1ccccc1. The van der Waals surface area contributed by atoms with Crippen LogP contribution in [-0.4, -0.2) is 65.1 Å². The molecule has 1 heterocycles. The lowest BCUT2D eigenvalue weighted by Crippen LogP contribution is -2.42. The van der Waals surface area contributed by atoms with Crippen LogP contribution in [0.2, 0.25) is 0 Å². The quantitative estimate of drug-likeness (QED) is 0.593. The van der Waals surface area contributed by atoms with Crippen LogP contribution in [0.25, 0.3) is 0 Å². The first-order valence-corrected chi connectivity index (χ1v) is 10.4. The van der Waals surface area contributed by atoms with E-state index < -0.39 is 30.1 Å².